The number of methoxy groups -OCH3 is 1. The highest BCUT2D eigenvalue weighted by Gasteiger charge is 2.29. The van der Waals surface area contributed by atoms with Gasteiger partial charge in [-0.05, 0) is 36.6 Å². The van der Waals surface area contributed by atoms with Crippen molar-refractivity contribution in [1.29, 1.82) is 0 Å². The van der Waals surface area contributed by atoms with Crippen LogP contribution in [0.15, 0.2) is 54.6 Å². The molecule has 2 aromatic rings. The van der Waals surface area contributed by atoms with E-state index < -0.39 is 22.0 Å². The van der Waals surface area contributed by atoms with Gasteiger partial charge in [-0.2, -0.15) is 4.31 Å². The molecule has 2 aromatic carbocycles. The van der Waals surface area contributed by atoms with E-state index in [0.29, 0.717) is 12.3 Å². The number of carbonyl (C=O) groups is 2. The lowest BCUT2D eigenvalue weighted by molar-refractivity contribution is -0.140. The maximum absolute atomic E-state index is 13.4. The Labute approximate surface area is 202 Å². The molecule has 0 aliphatic rings. The van der Waals surface area contributed by atoms with Gasteiger partial charge in [-0.3, -0.25) is 9.59 Å². The van der Waals surface area contributed by atoms with E-state index in [1.807, 2.05) is 49.4 Å². The summed E-state index contributed by atoms with van der Waals surface area (Å²) in [6, 6.07) is 15.5. The second kappa shape index (κ2) is 13.1. The van der Waals surface area contributed by atoms with E-state index in [1.54, 1.807) is 26.2 Å². The molecule has 34 heavy (non-hydrogen) atoms. The van der Waals surface area contributed by atoms with Gasteiger partial charge in [0.15, 0.2) is 0 Å². The molecule has 2 rings (SSSR count). The third kappa shape index (κ3) is 8.46. The summed E-state index contributed by atoms with van der Waals surface area (Å²) in [4.78, 5) is 27.6. The maximum atomic E-state index is 13.4. The van der Waals surface area contributed by atoms with Crippen molar-refractivity contribution in [2.75, 3.05) is 26.5 Å². The standard InChI is InChI=1S/C25H35N3O5S/c1-5-6-16-26-25(30)20(2)28(18-22-12-14-23(33-3)15-13-22)24(29)19-27(34(4,31)32)17-21-10-8-7-9-11-21/h7-15,20H,5-6,16-19H2,1-4H3,(H,26,30)/t20-/m1/s1. The van der Waals surface area contributed by atoms with E-state index in [9.17, 15) is 18.0 Å². The minimum atomic E-state index is -3.67. The second-order valence-corrected chi connectivity index (χ2v) is 10.2. The summed E-state index contributed by atoms with van der Waals surface area (Å²) >= 11 is 0. The first-order chi connectivity index (χ1) is 16.2. The lowest BCUT2D eigenvalue weighted by Gasteiger charge is -2.31. The highest BCUT2D eigenvalue weighted by molar-refractivity contribution is 7.88. The predicted molar refractivity (Wildman–Crippen MR) is 133 cm³/mol. The molecule has 0 heterocycles. The van der Waals surface area contributed by atoms with Gasteiger partial charge >= 0.3 is 0 Å². The second-order valence-electron chi connectivity index (χ2n) is 8.21. The van der Waals surface area contributed by atoms with Crippen LogP contribution in [0.1, 0.15) is 37.8 Å². The predicted octanol–water partition coefficient (Wildman–Crippen LogP) is 2.79. The largest absolute Gasteiger partial charge is 0.497 e. The third-order valence-corrected chi connectivity index (χ3v) is 6.69. The number of nitrogens with one attached hydrogen (secondary N) is 1. The van der Waals surface area contributed by atoms with Crippen LogP contribution in [0, 0.1) is 0 Å². The molecular weight excluding hydrogens is 454 g/mol. The summed E-state index contributed by atoms with van der Waals surface area (Å²) in [5.74, 6) is -0.0438. The van der Waals surface area contributed by atoms with Gasteiger partial charge in [-0.15, -0.1) is 0 Å². The van der Waals surface area contributed by atoms with Gasteiger partial charge < -0.3 is 15.0 Å². The zero-order chi connectivity index (χ0) is 25.1. The molecule has 0 aromatic heterocycles. The van der Waals surface area contributed by atoms with E-state index in [0.717, 1.165) is 34.5 Å². The van der Waals surface area contributed by atoms with Gasteiger partial charge in [0.1, 0.15) is 11.8 Å². The fraction of sp³-hybridized carbons (Fsp3) is 0.440. The van der Waals surface area contributed by atoms with Gasteiger partial charge in [-0.25, -0.2) is 8.42 Å². The number of benzene rings is 2. The van der Waals surface area contributed by atoms with Crippen LogP contribution in [0.2, 0.25) is 0 Å². The molecule has 1 N–H and O–H groups in total. The Balaban J connectivity index is 2.26. The highest BCUT2D eigenvalue weighted by atomic mass is 32.2. The highest BCUT2D eigenvalue weighted by Crippen LogP contribution is 2.16. The average molecular weight is 490 g/mol. The Bertz CT molecular complexity index is 1030. The summed E-state index contributed by atoms with van der Waals surface area (Å²) in [6.45, 7) is 4.07. The van der Waals surface area contributed by atoms with E-state index in [4.69, 9.17) is 4.74 Å². The smallest absolute Gasteiger partial charge is 0.242 e. The summed E-state index contributed by atoms with van der Waals surface area (Å²) in [5.41, 5.74) is 1.57. The summed E-state index contributed by atoms with van der Waals surface area (Å²) in [7, 11) is -2.10. The van der Waals surface area contributed by atoms with Crippen LogP contribution in [0.25, 0.3) is 0 Å². The number of rotatable bonds is 13. The Morgan fingerprint density at radius 2 is 1.62 bits per heavy atom. The molecule has 0 saturated heterocycles. The molecular formula is C25H35N3O5S. The Morgan fingerprint density at radius 1 is 1.00 bits per heavy atom. The number of ether oxygens (including phenoxy) is 1. The topological polar surface area (TPSA) is 96.0 Å². The van der Waals surface area contributed by atoms with Gasteiger partial charge in [0.2, 0.25) is 21.8 Å². The molecule has 0 saturated carbocycles. The number of nitrogens with zero attached hydrogens (tertiary/aromatic N) is 2. The SMILES string of the molecule is CCCCNC(=O)[C@@H](C)N(Cc1ccc(OC)cc1)C(=O)CN(Cc1ccccc1)S(C)(=O)=O. The quantitative estimate of drug-likeness (QED) is 0.437. The normalized spacial score (nSPS) is 12.3. The van der Waals surface area contributed by atoms with Crippen LogP contribution < -0.4 is 10.1 Å². The number of carbonyl (C=O) groups excluding carboxylic acids is 2. The maximum Gasteiger partial charge on any atom is 0.242 e. The number of amides is 2. The van der Waals surface area contributed by atoms with Crippen LogP contribution in [-0.2, 0) is 32.7 Å². The van der Waals surface area contributed by atoms with Crippen molar-refractivity contribution < 1.29 is 22.7 Å². The summed E-state index contributed by atoms with van der Waals surface area (Å²) in [5, 5.41) is 2.86. The minimum absolute atomic E-state index is 0.0683. The van der Waals surface area contributed by atoms with Crippen molar-refractivity contribution in [3.8, 4) is 5.75 Å². The fourth-order valence-electron chi connectivity index (χ4n) is 3.37. The Morgan fingerprint density at radius 3 is 2.18 bits per heavy atom. The molecule has 186 valence electrons. The Kier molecular flexibility index (Phi) is 10.5. The number of sulfonamides is 1. The van der Waals surface area contributed by atoms with E-state index >= 15 is 0 Å². The number of hydrogen-bond acceptors (Lipinski definition) is 5. The molecule has 2 amide bonds. The van der Waals surface area contributed by atoms with Gasteiger partial charge in [0.05, 0.1) is 19.9 Å². The monoisotopic (exact) mass is 489 g/mol. The zero-order valence-corrected chi connectivity index (χ0v) is 21.2. The van der Waals surface area contributed by atoms with Crippen molar-refractivity contribution in [1.82, 2.24) is 14.5 Å². The lowest BCUT2D eigenvalue weighted by atomic mass is 10.1. The van der Waals surface area contributed by atoms with Gasteiger partial charge in [-0.1, -0.05) is 55.8 Å². The van der Waals surface area contributed by atoms with Gasteiger partial charge in [0.25, 0.3) is 0 Å². The van der Waals surface area contributed by atoms with Gasteiger partial charge in [0, 0.05) is 19.6 Å². The van der Waals surface area contributed by atoms with Crippen molar-refractivity contribution in [3.05, 3.63) is 65.7 Å². The van der Waals surface area contributed by atoms with Crippen molar-refractivity contribution in [3.63, 3.8) is 0 Å². The van der Waals surface area contributed by atoms with Crippen LogP contribution in [0.3, 0.4) is 0 Å². The van der Waals surface area contributed by atoms with E-state index in [-0.39, 0.29) is 25.5 Å². The first-order valence-corrected chi connectivity index (χ1v) is 13.2. The van der Waals surface area contributed by atoms with Crippen LogP contribution in [0.5, 0.6) is 5.75 Å². The summed E-state index contributed by atoms with van der Waals surface area (Å²) < 4.78 is 31.2. The third-order valence-electron chi connectivity index (χ3n) is 5.49. The van der Waals surface area contributed by atoms with Crippen molar-refractivity contribution in [2.45, 2.75) is 45.8 Å². The molecule has 0 radical (unpaired) electrons. The first-order valence-electron chi connectivity index (χ1n) is 11.3. The molecule has 9 heteroatoms. The minimum Gasteiger partial charge on any atom is -0.497 e. The average Bonchev–Trinajstić information content (AvgIpc) is 2.82. The lowest BCUT2D eigenvalue weighted by Crippen LogP contribution is -2.51. The first kappa shape index (κ1) is 27.3. The number of hydrogen-bond donors (Lipinski definition) is 1. The molecule has 0 aliphatic carbocycles. The van der Waals surface area contributed by atoms with Crippen LogP contribution >= 0.6 is 0 Å². The molecule has 0 aliphatic heterocycles. The molecule has 1 atom stereocenters. The van der Waals surface area contributed by atoms with E-state index in [2.05, 4.69) is 5.32 Å². The molecule has 0 fully saturated rings. The van der Waals surface area contributed by atoms with Crippen LogP contribution in [0.4, 0.5) is 0 Å². The summed E-state index contributed by atoms with van der Waals surface area (Å²) in [6.07, 6.45) is 2.85. The fourth-order valence-corrected chi connectivity index (χ4v) is 4.09. The molecule has 0 spiro atoms. The van der Waals surface area contributed by atoms with Crippen molar-refractivity contribution >= 4 is 21.8 Å². The van der Waals surface area contributed by atoms with Crippen LogP contribution in [-0.4, -0.2) is 61.9 Å². The molecule has 0 unspecified atom stereocenters. The number of unbranched alkanes of at least 4 members (excludes halogenated alkanes) is 1. The molecule has 8 nitrogen and oxygen atoms in total. The molecule has 0 bridgehead atoms. The Hall–Kier alpha value is -2.91. The van der Waals surface area contributed by atoms with E-state index in [1.165, 1.54) is 4.90 Å². The zero-order valence-electron chi connectivity index (χ0n) is 20.4. The van der Waals surface area contributed by atoms with Crippen molar-refractivity contribution in [2.24, 2.45) is 0 Å².